The lowest BCUT2D eigenvalue weighted by Gasteiger charge is -2.16. The van der Waals surface area contributed by atoms with Gasteiger partial charge in [-0.3, -0.25) is 19.7 Å². The van der Waals surface area contributed by atoms with Gasteiger partial charge in [0, 0.05) is 16.3 Å². The lowest BCUT2D eigenvalue weighted by atomic mass is 10.1. The number of carbonyl (C=O) groups is 3. The normalized spacial score (nSPS) is 12.5. The average Bonchev–Trinajstić information content (AvgIpc) is 2.99. The number of amides is 3. The van der Waals surface area contributed by atoms with Crippen LogP contribution in [-0.4, -0.2) is 22.8 Å². The zero-order valence-electron chi connectivity index (χ0n) is 15.4. The quantitative estimate of drug-likeness (QED) is 0.474. The van der Waals surface area contributed by atoms with Crippen molar-refractivity contribution < 1.29 is 14.4 Å². The average molecular weight is 436 g/mol. The number of thiocarbonyl (C=S) groups is 1. The number of anilines is 2. The standard InChI is InChI=1S/C22H14ClN3O3S/c23-14-10-8-13(9-11-14)19(27)25-22(30)24-15-4-3-5-16(12-15)26-20(28)17-6-1-2-7-18(17)21(26)29/h1-12H,(H2,24,25,27,30). The number of nitrogens with one attached hydrogen (secondary N) is 2. The summed E-state index contributed by atoms with van der Waals surface area (Å²) < 4.78 is 0. The van der Waals surface area contributed by atoms with E-state index < -0.39 is 0 Å². The molecule has 8 heteroatoms. The van der Waals surface area contributed by atoms with Crippen molar-refractivity contribution in [2.24, 2.45) is 0 Å². The molecule has 0 spiro atoms. The van der Waals surface area contributed by atoms with Gasteiger partial charge in [0.05, 0.1) is 16.8 Å². The smallest absolute Gasteiger partial charge is 0.266 e. The van der Waals surface area contributed by atoms with E-state index in [-0.39, 0.29) is 22.8 Å². The zero-order chi connectivity index (χ0) is 21.3. The monoisotopic (exact) mass is 435 g/mol. The molecule has 1 aliphatic heterocycles. The van der Waals surface area contributed by atoms with Crippen LogP contribution >= 0.6 is 23.8 Å². The molecule has 0 bridgehead atoms. The molecule has 0 atom stereocenters. The molecule has 3 aromatic rings. The van der Waals surface area contributed by atoms with Crippen molar-refractivity contribution >= 4 is 58.0 Å². The van der Waals surface area contributed by atoms with Crippen molar-refractivity contribution in [3.05, 3.63) is 94.5 Å². The van der Waals surface area contributed by atoms with Crippen LogP contribution in [0.5, 0.6) is 0 Å². The molecule has 1 aliphatic rings. The van der Waals surface area contributed by atoms with Gasteiger partial charge in [-0.25, -0.2) is 4.90 Å². The summed E-state index contributed by atoms with van der Waals surface area (Å²) in [4.78, 5) is 38.7. The second kappa shape index (κ2) is 8.06. The molecular formula is C22H14ClN3O3S. The minimum Gasteiger partial charge on any atom is -0.332 e. The fraction of sp³-hybridized carbons (Fsp3) is 0. The van der Waals surface area contributed by atoms with Gasteiger partial charge in [0.15, 0.2) is 5.11 Å². The highest BCUT2D eigenvalue weighted by molar-refractivity contribution is 7.80. The summed E-state index contributed by atoms with van der Waals surface area (Å²) in [7, 11) is 0. The SMILES string of the molecule is O=C(NC(=S)Nc1cccc(N2C(=O)c3ccccc3C2=O)c1)c1ccc(Cl)cc1. The van der Waals surface area contributed by atoms with Gasteiger partial charge in [-0.2, -0.15) is 0 Å². The number of hydrogen-bond donors (Lipinski definition) is 2. The topological polar surface area (TPSA) is 78.5 Å². The summed E-state index contributed by atoms with van der Waals surface area (Å²) in [6.45, 7) is 0. The van der Waals surface area contributed by atoms with Gasteiger partial charge in [0.25, 0.3) is 17.7 Å². The number of carbonyl (C=O) groups excluding carboxylic acids is 3. The summed E-state index contributed by atoms with van der Waals surface area (Å²) in [5.74, 6) is -1.15. The van der Waals surface area contributed by atoms with E-state index in [2.05, 4.69) is 10.6 Å². The summed E-state index contributed by atoms with van der Waals surface area (Å²) in [6.07, 6.45) is 0. The lowest BCUT2D eigenvalue weighted by molar-refractivity contribution is 0.0924. The maximum atomic E-state index is 12.7. The van der Waals surface area contributed by atoms with Crippen LogP contribution in [0.15, 0.2) is 72.8 Å². The van der Waals surface area contributed by atoms with Crippen LogP contribution in [0.4, 0.5) is 11.4 Å². The molecule has 0 aromatic heterocycles. The van der Waals surface area contributed by atoms with Gasteiger partial charge in [-0.1, -0.05) is 29.8 Å². The molecule has 0 aliphatic carbocycles. The molecule has 0 saturated heterocycles. The first-order chi connectivity index (χ1) is 14.4. The Bertz CT molecular complexity index is 1160. The molecule has 0 saturated carbocycles. The van der Waals surface area contributed by atoms with Gasteiger partial charge in [-0.15, -0.1) is 0 Å². The first-order valence-corrected chi connectivity index (χ1v) is 9.68. The first-order valence-electron chi connectivity index (χ1n) is 8.90. The van der Waals surface area contributed by atoms with Gasteiger partial charge in [0.2, 0.25) is 0 Å². The van der Waals surface area contributed by atoms with Gasteiger partial charge < -0.3 is 5.32 Å². The largest absolute Gasteiger partial charge is 0.332 e. The Morgan fingerprint density at radius 3 is 2.13 bits per heavy atom. The molecule has 1 heterocycles. The third kappa shape index (κ3) is 3.80. The highest BCUT2D eigenvalue weighted by Crippen LogP contribution is 2.29. The Labute approximate surface area is 182 Å². The van der Waals surface area contributed by atoms with Gasteiger partial charge >= 0.3 is 0 Å². The molecule has 3 amide bonds. The van der Waals surface area contributed by atoms with Crippen LogP contribution in [0.2, 0.25) is 5.02 Å². The van der Waals surface area contributed by atoms with E-state index >= 15 is 0 Å². The zero-order valence-corrected chi connectivity index (χ0v) is 17.0. The Kier molecular flexibility index (Phi) is 5.31. The molecule has 3 aromatic carbocycles. The van der Waals surface area contributed by atoms with E-state index in [4.69, 9.17) is 23.8 Å². The molecular weight excluding hydrogens is 422 g/mol. The van der Waals surface area contributed by atoms with Gasteiger partial charge in [0.1, 0.15) is 0 Å². The van der Waals surface area contributed by atoms with Crippen LogP contribution in [-0.2, 0) is 0 Å². The minimum atomic E-state index is -0.388. The maximum Gasteiger partial charge on any atom is 0.266 e. The number of imide groups is 1. The molecule has 2 N–H and O–H groups in total. The Morgan fingerprint density at radius 1 is 0.867 bits per heavy atom. The van der Waals surface area contributed by atoms with E-state index in [1.165, 1.54) is 0 Å². The third-order valence-electron chi connectivity index (χ3n) is 4.49. The molecule has 148 valence electrons. The van der Waals surface area contributed by atoms with Crippen molar-refractivity contribution in [1.29, 1.82) is 0 Å². The van der Waals surface area contributed by atoms with Crippen molar-refractivity contribution in [3.63, 3.8) is 0 Å². The minimum absolute atomic E-state index is 0.0782. The molecule has 30 heavy (non-hydrogen) atoms. The summed E-state index contributed by atoms with van der Waals surface area (Å²) >= 11 is 11.0. The van der Waals surface area contributed by atoms with Crippen molar-refractivity contribution in [1.82, 2.24) is 5.32 Å². The van der Waals surface area contributed by atoms with Crippen molar-refractivity contribution in [3.8, 4) is 0 Å². The van der Waals surface area contributed by atoms with Gasteiger partial charge in [-0.05, 0) is 66.8 Å². The van der Waals surface area contributed by atoms with Crippen molar-refractivity contribution in [2.75, 3.05) is 10.2 Å². The summed E-state index contributed by atoms with van der Waals surface area (Å²) in [6, 6.07) is 19.7. The summed E-state index contributed by atoms with van der Waals surface area (Å²) in [5.41, 5.74) is 2.06. The van der Waals surface area contributed by atoms with E-state index in [0.717, 1.165) is 4.90 Å². The second-order valence-electron chi connectivity index (χ2n) is 6.46. The number of benzene rings is 3. The number of halogens is 1. The number of rotatable bonds is 3. The van der Waals surface area contributed by atoms with Crippen molar-refractivity contribution in [2.45, 2.75) is 0 Å². The van der Waals surface area contributed by atoms with Crippen LogP contribution < -0.4 is 15.5 Å². The van der Waals surface area contributed by atoms with E-state index in [0.29, 0.717) is 33.1 Å². The highest BCUT2D eigenvalue weighted by atomic mass is 35.5. The molecule has 0 fully saturated rings. The fourth-order valence-corrected chi connectivity index (χ4v) is 3.42. The second-order valence-corrected chi connectivity index (χ2v) is 7.30. The number of fused-ring (bicyclic) bond motifs is 1. The molecule has 0 unspecified atom stereocenters. The number of nitrogens with zero attached hydrogens (tertiary/aromatic N) is 1. The number of hydrogen-bond acceptors (Lipinski definition) is 4. The third-order valence-corrected chi connectivity index (χ3v) is 4.95. The Balaban J connectivity index is 1.48. The lowest BCUT2D eigenvalue weighted by Crippen LogP contribution is -2.34. The van der Waals surface area contributed by atoms with E-state index in [1.807, 2.05) is 0 Å². The van der Waals surface area contributed by atoms with Crippen LogP contribution in [0, 0.1) is 0 Å². The molecule has 0 radical (unpaired) electrons. The fourth-order valence-electron chi connectivity index (χ4n) is 3.09. The predicted molar refractivity (Wildman–Crippen MR) is 119 cm³/mol. The van der Waals surface area contributed by atoms with Crippen LogP contribution in [0.25, 0.3) is 0 Å². The van der Waals surface area contributed by atoms with E-state index in [9.17, 15) is 14.4 Å². The molecule has 6 nitrogen and oxygen atoms in total. The van der Waals surface area contributed by atoms with E-state index in [1.54, 1.807) is 72.8 Å². The molecule has 4 rings (SSSR count). The predicted octanol–water partition coefficient (Wildman–Crippen LogP) is 4.27. The Hall–Kier alpha value is -3.55. The highest BCUT2D eigenvalue weighted by Gasteiger charge is 2.36. The van der Waals surface area contributed by atoms with Crippen LogP contribution in [0.1, 0.15) is 31.1 Å². The maximum absolute atomic E-state index is 12.7. The van der Waals surface area contributed by atoms with Crippen LogP contribution in [0.3, 0.4) is 0 Å². The first kappa shape index (κ1) is 19.8. The Morgan fingerprint density at radius 2 is 1.50 bits per heavy atom. The summed E-state index contributed by atoms with van der Waals surface area (Å²) in [5, 5.41) is 6.07.